The Morgan fingerprint density at radius 1 is 1.38 bits per heavy atom. The van der Waals surface area contributed by atoms with Crippen LogP contribution in [0, 0.1) is 0 Å². The van der Waals surface area contributed by atoms with Crippen molar-refractivity contribution in [2.45, 2.75) is 10.6 Å². The third-order valence-electron chi connectivity index (χ3n) is 2.03. The van der Waals surface area contributed by atoms with Crippen LogP contribution < -0.4 is 5.73 Å². The number of hydrogen-bond acceptors (Lipinski definition) is 5. The molecule has 2 rings (SSSR count). The van der Waals surface area contributed by atoms with Gasteiger partial charge in [0.15, 0.2) is 9.84 Å². The summed E-state index contributed by atoms with van der Waals surface area (Å²) in [6.45, 7) is 0. The molecule has 2 aromatic rings. The van der Waals surface area contributed by atoms with Crippen LogP contribution in [0.5, 0.6) is 0 Å². The Kier molecular flexibility index (Phi) is 2.93. The first kappa shape index (κ1) is 11.1. The molecule has 0 bridgehead atoms. The summed E-state index contributed by atoms with van der Waals surface area (Å²) in [5.74, 6) is -0.0267. The highest BCUT2D eigenvalue weighted by Crippen LogP contribution is 2.19. The first-order valence-corrected chi connectivity index (χ1v) is 7.07. The van der Waals surface area contributed by atoms with E-state index in [1.54, 1.807) is 29.9 Å². The van der Waals surface area contributed by atoms with Crippen molar-refractivity contribution in [3.05, 3.63) is 40.8 Å². The summed E-state index contributed by atoms with van der Waals surface area (Å²) in [5.41, 5.74) is 7.62. The molecule has 0 aliphatic heterocycles. The van der Waals surface area contributed by atoms with Gasteiger partial charge in [-0.05, 0) is 18.2 Å². The van der Waals surface area contributed by atoms with Gasteiger partial charge in [0, 0.05) is 16.8 Å². The maximum atomic E-state index is 12.0. The fourth-order valence-corrected chi connectivity index (χ4v) is 3.63. The van der Waals surface area contributed by atoms with Crippen molar-refractivity contribution in [3.8, 4) is 0 Å². The van der Waals surface area contributed by atoms with Crippen molar-refractivity contribution >= 4 is 26.9 Å². The minimum absolute atomic E-state index is 0.0267. The summed E-state index contributed by atoms with van der Waals surface area (Å²) < 4.78 is 24.0. The minimum atomic E-state index is -3.32. The number of nitrogen functional groups attached to an aromatic ring is 1. The highest BCUT2D eigenvalue weighted by Gasteiger charge is 2.16. The molecule has 0 unspecified atom stereocenters. The molecule has 0 amide bonds. The highest BCUT2D eigenvalue weighted by molar-refractivity contribution is 7.90. The molecule has 84 valence electrons. The Balaban J connectivity index is 2.33. The molecule has 16 heavy (non-hydrogen) atoms. The summed E-state index contributed by atoms with van der Waals surface area (Å²) in [7, 11) is -3.32. The number of sulfone groups is 1. The first-order chi connectivity index (χ1) is 7.58. The Morgan fingerprint density at radius 2 is 2.19 bits per heavy atom. The Bertz CT molecular complexity index is 577. The van der Waals surface area contributed by atoms with E-state index in [1.807, 2.05) is 0 Å². The van der Waals surface area contributed by atoms with Crippen LogP contribution in [0.4, 0.5) is 5.69 Å². The molecule has 0 spiro atoms. The normalized spacial score (nSPS) is 11.5. The van der Waals surface area contributed by atoms with Gasteiger partial charge in [-0.3, -0.25) is 4.98 Å². The van der Waals surface area contributed by atoms with E-state index in [2.05, 4.69) is 4.98 Å². The second-order valence-electron chi connectivity index (χ2n) is 3.30. The lowest BCUT2D eigenvalue weighted by atomic mass is 10.3. The van der Waals surface area contributed by atoms with Crippen molar-refractivity contribution in [2.24, 2.45) is 0 Å². The minimum Gasteiger partial charge on any atom is -0.399 e. The largest absolute Gasteiger partial charge is 0.399 e. The lowest BCUT2D eigenvalue weighted by Crippen LogP contribution is -2.04. The summed E-state index contributed by atoms with van der Waals surface area (Å²) >= 11 is 1.33. The number of anilines is 1. The molecule has 6 heteroatoms. The fourth-order valence-electron chi connectivity index (χ4n) is 1.29. The van der Waals surface area contributed by atoms with E-state index in [1.165, 1.54) is 17.4 Å². The van der Waals surface area contributed by atoms with Gasteiger partial charge in [0.05, 0.1) is 16.2 Å². The summed E-state index contributed by atoms with van der Waals surface area (Å²) in [5, 5.41) is 0. The van der Waals surface area contributed by atoms with Crippen LogP contribution in [0.3, 0.4) is 0 Å². The summed E-state index contributed by atoms with van der Waals surface area (Å²) in [6, 6.07) is 6.31. The first-order valence-electron chi connectivity index (χ1n) is 4.53. The number of aromatic nitrogens is 1. The predicted molar refractivity (Wildman–Crippen MR) is 63.9 cm³/mol. The van der Waals surface area contributed by atoms with Crippen molar-refractivity contribution < 1.29 is 8.42 Å². The molecule has 0 atom stereocenters. The van der Waals surface area contributed by atoms with Crippen molar-refractivity contribution in [1.82, 2.24) is 4.98 Å². The third-order valence-corrected chi connectivity index (χ3v) is 4.66. The molecule has 0 aliphatic carbocycles. The number of hydrogen-bond donors (Lipinski definition) is 1. The van der Waals surface area contributed by atoms with Gasteiger partial charge in [-0.15, -0.1) is 11.3 Å². The molecule has 0 radical (unpaired) electrons. The van der Waals surface area contributed by atoms with Crippen molar-refractivity contribution in [3.63, 3.8) is 0 Å². The smallest absolute Gasteiger partial charge is 0.183 e. The molecular formula is C10H10N2O2S2. The molecule has 0 saturated carbocycles. The molecule has 1 aromatic carbocycles. The quantitative estimate of drug-likeness (QED) is 0.846. The van der Waals surface area contributed by atoms with Crippen LogP contribution in [0.15, 0.2) is 40.9 Å². The highest BCUT2D eigenvalue weighted by atomic mass is 32.2. The number of thiazole rings is 1. The molecule has 1 heterocycles. The van der Waals surface area contributed by atoms with Crippen LogP contribution in [0.25, 0.3) is 0 Å². The van der Waals surface area contributed by atoms with E-state index >= 15 is 0 Å². The average Bonchev–Trinajstić information content (AvgIpc) is 2.70. The molecule has 2 N–H and O–H groups in total. The monoisotopic (exact) mass is 254 g/mol. The zero-order chi connectivity index (χ0) is 11.6. The van der Waals surface area contributed by atoms with Crippen LogP contribution in [0.2, 0.25) is 0 Å². The average molecular weight is 254 g/mol. The van der Waals surface area contributed by atoms with E-state index in [-0.39, 0.29) is 10.6 Å². The maximum Gasteiger partial charge on any atom is 0.183 e. The lowest BCUT2D eigenvalue weighted by molar-refractivity contribution is 0.595. The fraction of sp³-hybridized carbons (Fsp3) is 0.100. The van der Waals surface area contributed by atoms with E-state index in [0.717, 1.165) is 4.88 Å². The molecule has 0 fully saturated rings. The van der Waals surface area contributed by atoms with Gasteiger partial charge in [-0.1, -0.05) is 6.07 Å². The Morgan fingerprint density at radius 3 is 2.81 bits per heavy atom. The Hall–Kier alpha value is -1.40. The van der Waals surface area contributed by atoms with Crippen LogP contribution in [-0.2, 0) is 15.6 Å². The standard InChI is InChI=1S/C10H10N2O2S2/c11-8-2-1-3-10(4-8)16(13,14)6-9-5-12-7-15-9/h1-5,7H,6,11H2. The summed E-state index contributed by atoms with van der Waals surface area (Å²) in [6.07, 6.45) is 1.56. The zero-order valence-corrected chi connectivity index (χ0v) is 9.96. The van der Waals surface area contributed by atoms with Gasteiger partial charge in [0.1, 0.15) is 0 Å². The van der Waals surface area contributed by atoms with E-state index in [4.69, 9.17) is 5.73 Å². The predicted octanol–water partition coefficient (Wildman–Crippen LogP) is 1.70. The number of benzene rings is 1. The van der Waals surface area contributed by atoms with Crippen molar-refractivity contribution in [1.29, 1.82) is 0 Å². The molecule has 0 saturated heterocycles. The van der Waals surface area contributed by atoms with E-state index in [0.29, 0.717) is 5.69 Å². The number of rotatable bonds is 3. The Labute approximate surface area is 97.7 Å². The number of nitrogens with zero attached hydrogens (tertiary/aromatic N) is 1. The van der Waals surface area contributed by atoms with Crippen molar-refractivity contribution in [2.75, 3.05) is 5.73 Å². The molecule has 4 nitrogen and oxygen atoms in total. The van der Waals surface area contributed by atoms with Gasteiger partial charge in [-0.2, -0.15) is 0 Å². The lowest BCUT2D eigenvalue weighted by Gasteiger charge is -2.03. The van der Waals surface area contributed by atoms with Crippen LogP contribution >= 0.6 is 11.3 Å². The second kappa shape index (κ2) is 4.23. The molecular weight excluding hydrogens is 244 g/mol. The van der Waals surface area contributed by atoms with Crippen LogP contribution in [0.1, 0.15) is 4.88 Å². The van der Waals surface area contributed by atoms with Gasteiger partial charge in [0.2, 0.25) is 0 Å². The van der Waals surface area contributed by atoms with Gasteiger partial charge in [0.25, 0.3) is 0 Å². The molecule has 1 aromatic heterocycles. The molecule has 0 aliphatic rings. The third kappa shape index (κ3) is 2.40. The summed E-state index contributed by atoms with van der Waals surface area (Å²) in [4.78, 5) is 4.82. The van der Waals surface area contributed by atoms with E-state index in [9.17, 15) is 8.42 Å². The van der Waals surface area contributed by atoms with Gasteiger partial charge >= 0.3 is 0 Å². The van der Waals surface area contributed by atoms with Crippen LogP contribution in [-0.4, -0.2) is 13.4 Å². The van der Waals surface area contributed by atoms with E-state index < -0.39 is 9.84 Å². The van der Waals surface area contributed by atoms with Gasteiger partial charge < -0.3 is 5.73 Å². The topological polar surface area (TPSA) is 73.1 Å². The SMILES string of the molecule is Nc1cccc(S(=O)(=O)Cc2cncs2)c1. The maximum absolute atomic E-state index is 12.0. The zero-order valence-electron chi connectivity index (χ0n) is 8.33. The van der Waals surface area contributed by atoms with Gasteiger partial charge in [-0.25, -0.2) is 8.42 Å². The second-order valence-corrected chi connectivity index (χ2v) is 6.26. The number of nitrogens with two attached hydrogens (primary N) is 1.